The fourth-order valence-electron chi connectivity index (χ4n) is 7.17. The lowest BCUT2D eigenvalue weighted by molar-refractivity contribution is 0.669. The number of fused-ring (bicyclic) bond motifs is 6. The van der Waals surface area contributed by atoms with Crippen LogP contribution in [-0.2, 0) is 0 Å². The van der Waals surface area contributed by atoms with Gasteiger partial charge in [0.1, 0.15) is 11.2 Å². The molecule has 50 heavy (non-hydrogen) atoms. The van der Waals surface area contributed by atoms with Crippen LogP contribution in [0.3, 0.4) is 0 Å². The molecule has 0 saturated heterocycles. The maximum atomic E-state index is 6.76. The third kappa shape index (κ3) is 4.52. The lowest BCUT2D eigenvalue weighted by Gasteiger charge is -2.13. The molecule has 0 aliphatic carbocycles. The smallest absolute Gasteiger partial charge is 0.167 e. The van der Waals surface area contributed by atoms with Gasteiger partial charge in [0.2, 0.25) is 0 Å². The van der Waals surface area contributed by atoms with Gasteiger partial charge in [0.05, 0.1) is 27.7 Å². The highest BCUT2D eigenvalue weighted by atomic mass is 16.3. The van der Waals surface area contributed by atoms with E-state index in [4.69, 9.17) is 19.4 Å². The van der Waals surface area contributed by atoms with Gasteiger partial charge in [-0.15, -0.1) is 0 Å². The first kappa shape index (κ1) is 28.2. The van der Waals surface area contributed by atoms with Gasteiger partial charge in [0.15, 0.2) is 17.5 Å². The van der Waals surface area contributed by atoms with Crippen LogP contribution in [0.25, 0.3) is 94.7 Å². The third-order valence-electron chi connectivity index (χ3n) is 9.46. The molecule has 3 aromatic heterocycles. The number of rotatable bonds is 5. The molecule has 0 bridgehead atoms. The summed E-state index contributed by atoms with van der Waals surface area (Å²) in [6.07, 6.45) is 0. The van der Waals surface area contributed by atoms with Crippen molar-refractivity contribution < 1.29 is 4.42 Å². The minimum atomic E-state index is 0.553. The van der Waals surface area contributed by atoms with Crippen LogP contribution in [0.4, 0.5) is 0 Å². The van der Waals surface area contributed by atoms with Crippen molar-refractivity contribution in [2.24, 2.45) is 0 Å². The number of para-hydroxylation sites is 3. The van der Waals surface area contributed by atoms with Crippen molar-refractivity contribution in [3.05, 3.63) is 170 Å². The minimum Gasteiger partial charge on any atom is -0.455 e. The fourth-order valence-corrected chi connectivity index (χ4v) is 7.17. The standard InChI is InChI=1S/C45H28N4O/c1-3-14-29(15-4-1)31-18-13-19-32(28-31)44-46-43(30-16-5-2-6-17-30)47-45(48-44)36-26-27-39(41-35-22-9-12-25-40(35)50-42(36)41)49-37-23-10-7-20-33(37)34-21-8-11-24-38(34)49/h1-28H. The molecule has 5 nitrogen and oxygen atoms in total. The Bertz CT molecular complexity index is 2820. The SMILES string of the molecule is c1ccc(-c2cccc(-c3nc(-c4ccccc4)nc(-c4ccc(-n5c6ccccc6c6ccccc65)c5c4oc4ccccc45)n3)c2)cc1. The van der Waals surface area contributed by atoms with Gasteiger partial charge in [-0.05, 0) is 47.5 Å². The van der Waals surface area contributed by atoms with Crippen molar-refractivity contribution in [1.29, 1.82) is 0 Å². The molecule has 0 fully saturated rings. The van der Waals surface area contributed by atoms with Crippen LogP contribution in [0.5, 0.6) is 0 Å². The largest absolute Gasteiger partial charge is 0.455 e. The van der Waals surface area contributed by atoms with E-state index < -0.39 is 0 Å². The van der Waals surface area contributed by atoms with Crippen molar-refractivity contribution in [3.63, 3.8) is 0 Å². The number of furan rings is 1. The summed E-state index contributed by atoms with van der Waals surface area (Å²) in [7, 11) is 0. The average molecular weight is 641 g/mol. The van der Waals surface area contributed by atoms with E-state index in [9.17, 15) is 0 Å². The van der Waals surface area contributed by atoms with Crippen molar-refractivity contribution in [3.8, 4) is 51.0 Å². The Morgan fingerprint density at radius 2 is 0.940 bits per heavy atom. The normalized spacial score (nSPS) is 11.6. The van der Waals surface area contributed by atoms with Crippen LogP contribution in [0.1, 0.15) is 0 Å². The quantitative estimate of drug-likeness (QED) is 0.188. The lowest BCUT2D eigenvalue weighted by atomic mass is 10.0. The molecular formula is C45H28N4O. The molecule has 0 aliphatic heterocycles. The molecule has 0 N–H and O–H groups in total. The summed E-state index contributed by atoms with van der Waals surface area (Å²) in [5, 5.41) is 4.47. The number of aromatic nitrogens is 4. The summed E-state index contributed by atoms with van der Waals surface area (Å²) in [6.45, 7) is 0. The van der Waals surface area contributed by atoms with Crippen molar-refractivity contribution >= 4 is 43.7 Å². The second-order valence-corrected chi connectivity index (χ2v) is 12.4. The maximum absolute atomic E-state index is 6.76. The average Bonchev–Trinajstić information content (AvgIpc) is 3.75. The highest BCUT2D eigenvalue weighted by Crippen LogP contribution is 2.42. The summed E-state index contributed by atoms with van der Waals surface area (Å²) in [4.78, 5) is 15.3. The van der Waals surface area contributed by atoms with Gasteiger partial charge < -0.3 is 8.98 Å². The van der Waals surface area contributed by atoms with Gasteiger partial charge in [0.25, 0.3) is 0 Å². The first-order valence-electron chi connectivity index (χ1n) is 16.7. The Morgan fingerprint density at radius 1 is 0.400 bits per heavy atom. The Balaban J connectivity index is 1.25. The Labute approximate surface area is 287 Å². The van der Waals surface area contributed by atoms with Gasteiger partial charge >= 0.3 is 0 Å². The van der Waals surface area contributed by atoms with E-state index in [2.05, 4.69) is 126 Å². The second-order valence-electron chi connectivity index (χ2n) is 12.4. The monoisotopic (exact) mass is 640 g/mol. The van der Waals surface area contributed by atoms with Crippen LogP contribution in [-0.4, -0.2) is 19.5 Å². The van der Waals surface area contributed by atoms with Crippen molar-refractivity contribution in [1.82, 2.24) is 19.5 Å². The van der Waals surface area contributed by atoms with Gasteiger partial charge in [0, 0.05) is 27.3 Å². The van der Waals surface area contributed by atoms with Crippen LogP contribution >= 0.6 is 0 Å². The predicted octanol–water partition coefficient (Wildman–Crippen LogP) is 11.5. The molecule has 5 heteroatoms. The molecule has 7 aromatic carbocycles. The molecule has 0 aliphatic rings. The molecule has 0 atom stereocenters. The number of hydrogen-bond donors (Lipinski definition) is 0. The van der Waals surface area contributed by atoms with E-state index in [1.165, 1.54) is 10.8 Å². The van der Waals surface area contributed by atoms with E-state index in [-0.39, 0.29) is 0 Å². The van der Waals surface area contributed by atoms with Crippen molar-refractivity contribution in [2.75, 3.05) is 0 Å². The van der Waals surface area contributed by atoms with Gasteiger partial charge in [-0.1, -0.05) is 133 Å². The Morgan fingerprint density at radius 3 is 1.66 bits per heavy atom. The van der Waals surface area contributed by atoms with Crippen LogP contribution in [0, 0.1) is 0 Å². The molecular weight excluding hydrogens is 613 g/mol. The molecule has 0 amide bonds. The number of benzene rings is 7. The molecule has 3 heterocycles. The Hall–Kier alpha value is -6.85. The molecule has 10 aromatic rings. The zero-order valence-electron chi connectivity index (χ0n) is 26.9. The summed E-state index contributed by atoms with van der Waals surface area (Å²) in [5.41, 5.74) is 9.73. The molecule has 0 unspecified atom stereocenters. The summed E-state index contributed by atoms with van der Waals surface area (Å²) < 4.78 is 9.10. The van der Waals surface area contributed by atoms with E-state index in [0.29, 0.717) is 17.5 Å². The topological polar surface area (TPSA) is 56.7 Å². The van der Waals surface area contributed by atoms with Crippen LogP contribution in [0.2, 0.25) is 0 Å². The zero-order chi connectivity index (χ0) is 33.0. The third-order valence-corrected chi connectivity index (χ3v) is 9.46. The van der Waals surface area contributed by atoms with Gasteiger partial charge in [-0.3, -0.25) is 0 Å². The van der Waals surface area contributed by atoms with E-state index in [0.717, 1.165) is 66.5 Å². The van der Waals surface area contributed by atoms with Crippen molar-refractivity contribution in [2.45, 2.75) is 0 Å². The molecule has 0 radical (unpaired) electrons. The van der Waals surface area contributed by atoms with Gasteiger partial charge in [-0.25, -0.2) is 15.0 Å². The number of hydrogen-bond acceptors (Lipinski definition) is 4. The maximum Gasteiger partial charge on any atom is 0.167 e. The zero-order valence-corrected chi connectivity index (χ0v) is 26.9. The minimum absolute atomic E-state index is 0.553. The fraction of sp³-hybridized carbons (Fsp3) is 0. The highest BCUT2D eigenvalue weighted by molar-refractivity contribution is 6.16. The second kappa shape index (κ2) is 11.4. The summed E-state index contributed by atoms with van der Waals surface area (Å²) in [5.74, 6) is 1.76. The lowest BCUT2D eigenvalue weighted by Crippen LogP contribution is -2.01. The highest BCUT2D eigenvalue weighted by Gasteiger charge is 2.22. The van der Waals surface area contributed by atoms with E-state index in [1.54, 1.807) is 0 Å². The first-order chi connectivity index (χ1) is 24.8. The Kier molecular flexibility index (Phi) is 6.42. The summed E-state index contributed by atoms with van der Waals surface area (Å²) in [6, 6.07) is 58.5. The molecule has 0 spiro atoms. The summed E-state index contributed by atoms with van der Waals surface area (Å²) >= 11 is 0. The predicted molar refractivity (Wildman–Crippen MR) is 203 cm³/mol. The van der Waals surface area contributed by atoms with E-state index >= 15 is 0 Å². The van der Waals surface area contributed by atoms with Crippen LogP contribution in [0.15, 0.2) is 174 Å². The van der Waals surface area contributed by atoms with Gasteiger partial charge in [-0.2, -0.15) is 0 Å². The molecule has 234 valence electrons. The molecule has 0 saturated carbocycles. The van der Waals surface area contributed by atoms with Crippen LogP contribution < -0.4 is 0 Å². The number of nitrogens with zero attached hydrogens (tertiary/aromatic N) is 4. The van der Waals surface area contributed by atoms with E-state index in [1.807, 2.05) is 48.5 Å². The first-order valence-corrected chi connectivity index (χ1v) is 16.7. The molecule has 10 rings (SSSR count).